The summed E-state index contributed by atoms with van der Waals surface area (Å²) < 4.78 is 5.42. The van der Waals surface area contributed by atoms with Crippen LogP contribution in [0.4, 0.5) is 0 Å². The molecule has 26 heavy (non-hydrogen) atoms. The highest BCUT2D eigenvalue weighted by atomic mass is 16.5. The normalized spacial score (nSPS) is 24.3. The Morgan fingerprint density at radius 1 is 1.08 bits per heavy atom. The lowest BCUT2D eigenvalue weighted by Crippen LogP contribution is -2.43. The number of fused-ring (bicyclic) bond motifs is 4. The van der Waals surface area contributed by atoms with Crippen LogP contribution in [-0.4, -0.2) is 45.6 Å². The van der Waals surface area contributed by atoms with Crippen molar-refractivity contribution in [2.75, 3.05) is 19.6 Å². The first kappa shape index (κ1) is 17.7. The van der Waals surface area contributed by atoms with Crippen molar-refractivity contribution in [3.8, 4) is 0 Å². The molecule has 2 aromatic rings. The first-order chi connectivity index (χ1) is 12.7. The smallest absolute Gasteiger partial charge is 0.226 e. The number of benzene rings is 1. The van der Waals surface area contributed by atoms with Crippen LogP contribution >= 0.6 is 0 Å². The molecule has 4 heterocycles. The summed E-state index contributed by atoms with van der Waals surface area (Å²) in [6, 6.07) is 11.5. The zero-order valence-electron chi connectivity index (χ0n) is 16.0. The predicted molar refractivity (Wildman–Crippen MR) is 101 cm³/mol. The summed E-state index contributed by atoms with van der Waals surface area (Å²) in [5.74, 6) is 2.92. The van der Waals surface area contributed by atoms with Gasteiger partial charge in [-0.25, -0.2) is 0 Å². The van der Waals surface area contributed by atoms with E-state index in [9.17, 15) is 0 Å². The van der Waals surface area contributed by atoms with Crippen molar-refractivity contribution in [3.63, 3.8) is 0 Å². The van der Waals surface area contributed by atoms with Gasteiger partial charge in [0.15, 0.2) is 5.82 Å². The molecule has 3 fully saturated rings. The lowest BCUT2D eigenvalue weighted by molar-refractivity contribution is 0.123. The fourth-order valence-corrected chi connectivity index (χ4v) is 4.40. The van der Waals surface area contributed by atoms with Gasteiger partial charge in [0.05, 0.1) is 6.54 Å². The fourth-order valence-electron chi connectivity index (χ4n) is 4.40. The predicted octanol–water partition coefficient (Wildman–Crippen LogP) is 3.36. The number of hydrogen-bond donors (Lipinski definition) is 0. The molecule has 0 amide bonds. The van der Waals surface area contributed by atoms with Crippen molar-refractivity contribution in [1.29, 1.82) is 0 Å². The maximum absolute atomic E-state index is 5.42. The van der Waals surface area contributed by atoms with Gasteiger partial charge in [0.2, 0.25) is 5.89 Å². The molecule has 5 nitrogen and oxygen atoms in total. The van der Waals surface area contributed by atoms with Crippen LogP contribution in [-0.2, 0) is 19.5 Å². The molecule has 1 aromatic heterocycles. The molecule has 0 spiro atoms. The molecule has 2 bridgehead atoms. The van der Waals surface area contributed by atoms with E-state index in [0.29, 0.717) is 12.0 Å². The lowest BCUT2D eigenvalue weighted by atomic mass is 9.94. The highest BCUT2D eigenvalue weighted by Gasteiger charge is 2.35. The topological polar surface area (TPSA) is 45.4 Å². The van der Waals surface area contributed by atoms with Crippen LogP contribution in [0.3, 0.4) is 0 Å². The van der Waals surface area contributed by atoms with Crippen molar-refractivity contribution in [1.82, 2.24) is 19.9 Å². The Kier molecular flexibility index (Phi) is 5.36. The van der Waals surface area contributed by atoms with Crippen molar-refractivity contribution in [3.05, 3.63) is 47.6 Å². The quantitative estimate of drug-likeness (QED) is 0.796. The molecule has 0 N–H and O–H groups in total. The number of nitrogens with zero attached hydrogens (tertiary/aromatic N) is 4. The van der Waals surface area contributed by atoms with Gasteiger partial charge in [0.25, 0.3) is 0 Å². The average molecular weight is 354 g/mol. The van der Waals surface area contributed by atoms with E-state index in [2.05, 4.69) is 64.1 Å². The van der Waals surface area contributed by atoms with Crippen molar-refractivity contribution in [2.24, 2.45) is 11.8 Å². The molecular weight excluding hydrogens is 324 g/mol. The van der Waals surface area contributed by atoms with E-state index in [4.69, 9.17) is 4.52 Å². The molecule has 0 unspecified atom stereocenters. The third kappa shape index (κ3) is 4.33. The van der Waals surface area contributed by atoms with Crippen LogP contribution in [0.15, 0.2) is 34.9 Å². The summed E-state index contributed by atoms with van der Waals surface area (Å²) in [5, 5.41) is 4.21. The third-order valence-electron chi connectivity index (χ3n) is 5.59. The van der Waals surface area contributed by atoms with Crippen molar-refractivity contribution >= 4 is 0 Å². The van der Waals surface area contributed by atoms with E-state index in [0.717, 1.165) is 50.2 Å². The first-order valence-corrected chi connectivity index (χ1v) is 9.97. The van der Waals surface area contributed by atoms with E-state index >= 15 is 0 Å². The number of hydrogen-bond acceptors (Lipinski definition) is 5. The maximum atomic E-state index is 5.42. The Hall–Kier alpha value is -1.72. The maximum Gasteiger partial charge on any atom is 0.226 e. The summed E-state index contributed by atoms with van der Waals surface area (Å²) in [4.78, 5) is 9.82. The molecule has 5 rings (SSSR count). The average Bonchev–Trinajstić information content (AvgIpc) is 2.85. The molecule has 1 aromatic carbocycles. The van der Waals surface area contributed by atoms with Crippen LogP contribution in [0, 0.1) is 11.8 Å². The van der Waals surface area contributed by atoms with Crippen LogP contribution in [0.25, 0.3) is 0 Å². The molecule has 2 atom stereocenters. The van der Waals surface area contributed by atoms with Crippen molar-refractivity contribution < 1.29 is 4.52 Å². The Labute approximate surface area is 156 Å². The SMILES string of the molecule is CC(C)Cc1nc(CN2C[C@@H]3CC[C@H](C2)N(Cc2ccccc2)C3)no1. The molecule has 3 saturated heterocycles. The van der Waals surface area contributed by atoms with E-state index in [1.54, 1.807) is 0 Å². The molecule has 0 radical (unpaired) electrons. The zero-order valence-corrected chi connectivity index (χ0v) is 16.0. The van der Waals surface area contributed by atoms with Gasteiger partial charge in [-0.15, -0.1) is 0 Å². The fraction of sp³-hybridized carbons (Fsp3) is 0.619. The highest BCUT2D eigenvalue weighted by Crippen LogP contribution is 2.29. The van der Waals surface area contributed by atoms with E-state index in [1.165, 1.54) is 24.9 Å². The second-order valence-electron chi connectivity index (χ2n) is 8.41. The molecule has 3 aliphatic rings. The first-order valence-electron chi connectivity index (χ1n) is 9.97. The Bertz CT molecular complexity index is 699. The second-order valence-corrected chi connectivity index (χ2v) is 8.41. The molecule has 5 heteroatoms. The summed E-state index contributed by atoms with van der Waals surface area (Å²) in [6.45, 7) is 9.70. The largest absolute Gasteiger partial charge is 0.339 e. The Morgan fingerprint density at radius 3 is 2.73 bits per heavy atom. The van der Waals surface area contributed by atoms with E-state index in [-0.39, 0.29) is 0 Å². The molecular formula is C21H30N4O. The lowest BCUT2D eigenvalue weighted by Gasteiger charge is -2.36. The van der Waals surface area contributed by atoms with Crippen LogP contribution in [0.2, 0.25) is 0 Å². The van der Waals surface area contributed by atoms with Gasteiger partial charge in [-0.1, -0.05) is 49.3 Å². The van der Waals surface area contributed by atoms with E-state index < -0.39 is 0 Å². The van der Waals surface area contributed by atoms with Gasteiger partial charge >= 0.3 is 0 Å². The summed E-state index contributed by atoms with van der Waals surface area (Å²) in [5.41, 5.74) is 1.42. The molecule has 0 aliphatic carbocycles. The molecule has 140 valence electrons. The van der Waals surface area contributed by atoms with Gasteiger partial charge in [-0.3, -0.25) is 9.80 Å². The zero-order chi connectivity index (χ0) is 17.9. The van der Waals surface area contributed by atoms with Gasteiger partial charge in [-0.2, -0.15) is 4.98 Å². The minimum atomic E-state index is 0.545. The standard InChI is InChI=1S/C21H30N4O/c1-16(2)10-21-22-20(23-26-21)15-24-11-18-8-9-19(14-24)25(13-18)12-17-6-4-3-5-7-17/h3-7,16,18-19H,8-15H2,1-2H3/t18-,19+/m0/s1. The van der Waals surface area contributed by atoms with E-state index in [1.807, 2.05) is 0 Å². The second kappa shape index (κ2) is 7.89. The third-order valence-corrected chi connectivity index (χ3v) is 5.59. The number of piperidine rings is 1. The van der Waals surface area contributed by atoms with Crippen LogP contribution in [0.1, 0.15) is 44.0 Å². The number of aromatic nitrogens is 2. The Morgan fingerprint density at radius 2 is 1.92 bits per heavy atom. The summed E-state index contributed by atoms with van der Waals surface area (Å²) in [6.07, 6.45) is 3.51. The van der Waals surface area contributed by atoms with Gasteiger partial charge in [0, 0.05) is 38.6 Å². The Balaban J connectivity index is 1.39. The molecule has 3 aliphatic heterocycles. The van der Waals surface area contributed by atoms with Gasteiger partial charge in [-0.05, 0) is 30.2 Å². The monoisotopic (exact) mass is 354 g/mol. The summed E-state index contributed by atoms with van der Waals surface area (Å²) in [7, 11) is 0. The minimum absolute atomic E-state index is 0.545. The highest BCUT2D eigenvalue weighted by molar-refractivity contribution is 5.15. The van der Waals surface area contributed by atoms with Crippen LogP contribution < -0.4 is 0 Å². The van der Waals surface area contributed by atoms with Gasteiger partial charge in [0.1, 0.15) is 0 Å². The summed E-state index contributed by atoms with van der Waals surface area (Å²) >= 11 is 0. The minimum Gasteiger partial charge on any atom is -0.339 e. The molecule has 0 saturated carbocycles. The number of rotatable bonds is 6. The van der Waals surface area contributed by atoms with Crippen molar-refractivity contribution in [2.45, 2.75) is 52.2 Å². The van der Waals surface area contributed by atoms with Gasteiger partial charge < -0.3 is 4.52 Å². The van der Waals surface area contributed by atoms with Crippen LogP contribution in [0.5, 0.6) is 0 Å².